The third kappa shape index (κ3) is 4.30. The zero-order valence-corrected chi connectivity index (χ0v) is 18.6. The van der Waals surface area contributed by atoms with Crippen molar-refractivity contribution >= 4 is 11.6 Å². The standard InChI is InChI=1S/C24H22FN5O3/c1-13(2)22-27-24(33-29-22)16-9-7-8-14(3)20(16)26-23(32)21-19(31)12-15(4)30(28-21)18-11-6-5-10-17(18)25/h5-13H,1-4H3,(H,26,32). The number of benzene rings is 2. The van der Waals surface area contributed by atoms with Crippen molar-refractivity contribution in [3.05, 3.63) is 87.3 Å². The molecule has 0 aliphatic carbocycles. The highest BCUT2D eigenvalue weighted by atomic mass is 19.1. The van der Waals surface area contributed by atoms with E-state index in [0.717, 1.165) is 5.56 Å². The molecule has 0 unspecified atom stereocenters. The van der Waals surface area contributed by atoms with Crippen LogP contribution in [0.2, 0.25) is 0 Å². The Kier molecular flexibility index (Phi) is 5.87. The number of hydrogen-bond donors (Lipinski definition) is 1. The monoisotopic (exact) mass is 447 g/mol. The van der Waals surface area contributed by atoms with Crippen LogP contribution in [0.1, 0.15) is 47.3 Å². The molecular weight excluding hydrogens is 425 g/mol. The fourth-order valence-electron chi connectivity index (χ4n) is 3.34. The van der Waals surface area contributed by atoms with E-state index in [0.29, 0.717) is 22.8 Å². The van der Waals surface area contributed by atoms with Gasteiger partial charge in [-0.3, -0.25) is 9.59 Å². The van der Waals surface area contributed by atoms with E-state index in [1.165, 1.54) is 22.9 Å². The molecule has 33 heavy (non-hydrogen) atoms. The molecule has 2 heterocycles. The predicted octanol–water partition coefficient (Wildman–Crippen LogP) is 4.41. The van der Waals surface area contributed by atoms with Crippen LogP contribution in [0.5, 0.6) is 0 Å². The largest absolute Gasteiger partial charge is 0.334 e. The fourth-order valence-corrected chi connectivity index (χ4v) is 3.34. The first-order valence-electron chi connectivity index (χ1n) is 10.4. The normalized spacial score (nSPS) is 11.1. The molecule has 0 aliphatic rings. The molecule has 1 N–H and O–H groups in total. The van der Waals surface area contributed by atoms with Gasteiger partial charge in [-0.2, -0.15) is 10.1 Å². The first kappa shape index (κ1) is 22.1. The molecule has 0 saturated carbocycles. The van der Waals surface area contributed by atoms with Crippen LogP contribution < -0.4 is 10.7 Å². The summed E-state index contributed by atoms with van der Waals surface area (Å²) in [4.78, 5) is 30.1. The van der Waals surface area contributed by atoms with Crippen LogP contribution in [0, 0.1) is 19.7 Å². The van der Waals surface area contributed by atoms with E-state index in [1.54, 1.807) is 44.2 Å². The molecule has 0 fully saturated rings. The highest BCUT2D eigenvalue weighted by Crippen LogP contribution is 2.30. The van der Waals surface area contributed by atoms with Crippen molar-refractivity contribution in [1.82, 2.24) is 19.9 Å². The molecule has 2 aromatic carbocycles. The number of nitrogens with zero attached hydrogens (tertiary/aromatic N) is 4. The molecule has 0 spiro atoms. The zero-order valence-electron chi connectivity index (χ0n) is 18.6. The van der Waals surface area contributed by atoms with Gasteiger partial charge in [-0.1, -0.05) is 43.3 Å². The van der Waals surface area contributed by atoms with Gasteiger partial charge in [0.15, 0.2) is 11.5 Å². The number of amides is 1. The zero-order chi connectivity index (χ0) is 23.7. The Morgan fingerprint density at radius 1 is 1.12 bits per heavy atom. The number of aryl methyl sites for hydroxylation is 2. The highest BCUT2D eigenvalue weighted by molar-refractivity contribution is 6.05. The number of halogens is 1. The number of aromatic nitrogens is 4. The van der Waals surface area contributed by atoms with Gasteiger partial charge in [-0.25, -0.2) is 9.07 Å². The maximum atomic E-state index is 14.3. The van der Waals surface area contributed by atoms with Gasteiger partial charge in [0.25, 0.3) is 11.8 Å². The SMILES string of the molecule is Cc1cccc(-c2nc(C(C)C)no2)c1NC(=O)c1nn(-c2ccccc2F)c(C)cc1=O. The molecule has 0 radical (unpaired) electrons. The summed E-state index contributed by atoms with van der Waals surface area (Å²) in [5.74, 6) is -0.403. The first-order chi connectivity index (χ1) is 15.8. The van der Waals surface area contributed by atoms with E-state index >= 15 is 0 Å². The Balaban J connectivity index is 1.75. The van der Waals surface area contributed by atoms with E-state index < -0.39 is 17.2 Å². The molecule has 168 valence electrons. The van der Waals surface area contributed by atoms with Crippen molar-refractivity contribution in [1.29, 1.82) is 0 Å². The van der Waals surface area contributed by atoms with Crippen LogP contribution in [-0.4, -0.2) is 25.8 Å². The Labute approximate surface area is 189 Å². The van der Waals surface area contributed by atoms with E-state index in [4.69, 9.17) is 4.52 Å². The number of anilines is 1. The number of hydrogen-bond acceptors (Lipinski definition) is 6. The summed E-state index contributed by atoms with van der Waals surface area (Å²) in [6, 6.07) is 12.6. The van der Waals surface area contributed by atoms with Gasteiger partial charge < -0.3 is 9.84 Å². The lowest BCUT2D eigenvalue weighted by molar-refractivity contribution is 0.101. The average molecular weight is 447 g/mol. The third-order valence-electron chi connectivity index (χ3n) is 5.10. The summed E-state index contributed by atoms with van der Waals surface area (Å²) >= 11 is 0. The number of carbonyl (C=O) groups excluding carboxylic acids is 1. The van der Waals surface area contributed by atoms with Crippen molar-refractivity contribution in [3.63, 3.8) is 0 Å². The fraction of sp³-hybridized carbons (Fsp3) is 0.208. The van der Waals surface area contributed by atoms with Crippen LogP contribution in [0.25, 0.3) is 17.1 Å². The number of carbonyl (C=O) groups is 1. The topological polar surface area (TPSA) is 103 Å². The maximum absolute atomic E-state index is 14.3. The lowest BCUT2D eigenvalue weighted by Gasteiger charge is -2.14. The predicted molar refractivity (Wildman–Crippen MR) is 121 cm³/mol. The first-order valence-corrected chi connectivity index (χ1v) is 10.4. The van der Waals surface area contributed by atoms with Gasteiger partial charge in [0, 0.05) is 17.7 Å². The van der Waals surface area contributed by atoms with E-state index in [1.807, 2.05) is 13.8 Å². The van der Waals surface area contributed by atoms with Gasteiger partial charge in [0.2, 0.25) is 5.43 Å². The Morgan fingerprint density at radius 3 is 2.58 bits per heavy atom. The second-order valence-electron chi connectivity index (χ2n) is 7.93. The van der Waals surface area contributed by atoms with Crippen LogP contribution in [0.4, 0.5) is 10.1 Å². The molecule has 8 nitrogen and oxygen atoms in total. The summed E-state index contributed by atoms with van der Waals surface area (Å²) < 4.78 is 20.9. The van der Waals surface area contributed by atoms with Gasteiger partial charge in [-0.05, 0) is 37.6 Å². The molecular formula is C24H22FN5O3. The van der Waals surface area contributed by atoms with E-state index in [2.05, 4.69) is 20.6 Å². The lowest BCUT2D eigenvalue weighted by atomic mass is 10.1. The van der Waals surface area contributed by atoms with Crippen LogP contribution in [0.3, 0.4) is 0 Å². The van der Waals surface area contributed by atoms with Crippen molar-refractivity contribution in [2.24, 2.45) is 0 Å². The summed E-state index contributed by atoms with van der Waals surface area (Å²) in [5, 5.41) is 10.9. The molecule has 1 amide bonds. The van der Waals surface area contributed by atoms with Crippen molar-refractivity contribution in [2.45, 2.75) is 33.6 Å². The molecule has 0 saturated heterocycles. The number of para-hydroxylation sites is 2. The van der Waals surface area contributed by atoms with Crippen LogP contribution >= 0.6 is 0 Å². The minimum atomic E-state index is -0.732. The molecule has 0 bridgehead atoms. The summed E-state index contributed by atoms with van der Waals surface area (Å²) in [5.41, 5.74) is 1.24. The van der Waals surface area contributed by atoms with Gasteiger partial charge in [-0.15, -0.1) is 0 Å². The molecule has 0 aliphatic heterocycles. The van der Waals surface area contributed by atoms with Crippen molar-refractivity contribution in [3.8, 4) is 17.1 Å². The second kappa shape index (κ2) is 8.78. The molecule has 2 aromatic heterocycles. The van der Waals surface area contributed by atoms with Crippen molar-refractivity contribution in [2.75, 3.05) is 5.32 Å². The summed E-state index contributed by atoms with van der Waals surface area (Å²) in [6.07, 6.45) is 0. The molecule has 9 heteroatoms. The van der Waals surface area contributed by atoms with Gasteiger partial charge in [0.05, 0.1) is 11.3 Å². The van der Waals surface area contributed by atoms with E-state index in [9.17, 15) is 14.0 Å². The minimum Gasteiger partial charge on any atom is -0.334 e. The van der Waals surface area contributed by atoms with Crippen LogP contribution in [-0.2, 0) is 0 Å². The number of rotatable bonds is 5. The van der Waals surface area contributed by atoms with Crippen LogP contribution in [0.15, 0.2) is 57.8 Å². The second-order valence-corrected chi connectivity index (χ2v) is 7.93. The lowest BCUT2D eigenvalue weighted by Crippen LogP contribution is -2.27. The van der Waals surface area contributed by atoms with Crippen molar-refractivity contribution < 1.29 is 13.7 Å². The molecule has 0 atom stereocenters. The Bertz CT molecular complexity index is 1410. The number of nitrogens with one attached hydrogen (secondary N) is 1. The smallest absolute Gasteiger partial charge is 0.280 e. The van der Waals surface area contributed by atoms with Gasteiger partial charge >= 0.3 is 0 Å². The van der Waals surface area contributed by atoms with E-state index in [-0.39, 0.29) is 23.2 Å². The quantitative estimate of drug-likeness (QED) is 0.486. The third-order valence-corrected chi connectivity index (χ3v) is 5.10. The summed E-state index contributed by atoms with van der Waals surface area (Å²) in [6.45, 7) is 7.30. The molecule has 4 rings (SSSR count). The molecule has 4 aromatic rings. The highest BCUT2D eigenvalue weighted by Gasteiger charge is 2.21. The minimum absolute atomic E-state index is 0.0685. The maximum Gasteiger partial charge on any atom is 0.280 e. The Hall–Kier alpha value is -4.14. The summed E-state index contributed by atoms with van der Waals surface area (Å²) in [7, 11) is 0. The Morgan fingerprint density at radius 2 is 1.88 bits per heavy atom. The van der Waals surface area contributed by atoms with Gasteiger partial charge in [0.1, 0.15) is 11.5 Å². The average Bonchev–Trinajstić information content (AvgIpc) is 3.26.